The number of aliphatic hydroxyl groups is 1. The lowest BCUT2D eigenvalue weighted by atomic mass is 9.68. The molecule has 4 rings (SSSR count). The average molecular weight is 441 g/mol. The summed E-state index contributed by atoms with van der Waals surface area (Å²) in [7, 11) is 0. The molecule has 0 bridgehead atoms. The fourth-order valence-corrected chi connectivity index (χ4v) is 5.67. The van der Waals surface area contributed by atoms with Gasteiger partial charge in [0.05, 0.1) is 18.8 Å². The number of benzene rings is 1. The van der Waals surface area contributed by atoms with Gasteiger partial charge in [0.2, 0.25) is 0 Å². The number of hydrogen-bond donors (Lipinski definition) is 3. The Labute approximate surface area is 193 Å². The van der Waals surface area contributed by atoms with Crippen LogP contribution in [0.2, 0.25) is 0 Å². The third kappa shape index (κ3) is 4.96. The highest BCUT2D eigenvalue weighted by molar-refractivity contribution is 5.36. The molecule has 0 spiro atoms. The topological polar surface area (TPSA) is 65.0 Å². The molecule has 176 valence electrons. The lowest BCUT2D eigenvalue weighted by Gasteiger charge is -2.52. The molecule has 3 N–H and O–H groups in total. The summed E-state index contributed by atoms with van der Waals surface area (Å²) in [5.74, 6) is 0.962. The highest BCUT2D eigenvalue weighted by Gasteiger charge is 2.48. The number of phenols is 1. The molecule has 0 amide bonds. The van der Waals surface area contributed by atoms with Crippen LogP contribution in [-0.2, 0) is 4.74 Å². The molecule has 5 nitrogen and oxygen atoms in total. The second-order valence-electron chi connectivity index (χ2n) is 10.7. The van der Waals surface area contributed by atoms with Gasteiger partial charge in [0.25, 0.3) is 0 Å². The van der Waals surface area contributed by atoms with Crippen LogP contribution in [0.1, 0.15) is 52.1 Å². The van der Waals surface area contributed by atoms with Gasteiger partial charge < -0.3 is 20.3 Å². The lowest BCUT2D eigenvalue weighted by Crippen LogP contribution is -2.58. The molecule has 1 aromatic rings. The summed E-state index contributed by atoms with van der Waals surface area (Å²) in [4.78, 5) is 2.29. The summed E-state index contributed by atoms with van der Waals surface area (Å²) in [6.07, 6.45) is 9.45. The molecule has 1 aliphatic carbocycles. The van der Waals surface area contributed by atoms with E-state index in [0.717, 1.165) is 31.5 Å². The number of likely N-dealkylation sites (N-methyl/N-ethyl adjacent to an activating group) is 1. The van der Waals surface area contributed by atoms with Gasteiger partial charge in [-0.2, -0.15) is 0 Å². The summed E-state index contributed by atoms with van der Waals surface area (Å²) in [6.45, 7) is 11.6. The smallest absolute Gasteiger partial charge is 0.115 e. The minimum atomic E-state index is 0.104. The number of nitrogens with zero attached hydrogens (tertiary/aromatic N) is 1. The predicted octanol–water partition coefficient (Wildman–Crippen LogP) is 4.04. The van der Waals surface area contributed by atoms with Gasteiger partial charge in [-0.25, -0.2) is 0 Å². The monoisotopic (exact) mass is 440 g/mol. The van der Waals surface area contributed by atoms with Crippen molar-refractivity contribution >= 4 is 0 Å². The molecule has 5 heteroatoms. The van der Waals surface area contributed by atoms with Crippen molar-refractivity contribution in [3.05, 3.63) is 53.6 Å². The number of aromatic hydroxyl groups is 1. The van der Waals surface area contributed by atoms with E-state index < -0.39 is 0 Å². The van der Waals surface area contributed by atoms with Crippen molar-refractivity contribution in [1.29, 1.82) is 0 Å². The summed E-state index contributed by atoms with van der Waals surface area (Å²) in [5.41, 5.74) is 2.61. The quantitative estimate of drug-likeness (QED) is 0.623. The van der Waals surface area contributed by atoms with Crippen molar-refractivity contribution in [2.75, 3.05) is 26.2 Å². The first kappa shape index (κ1) is 23.5. The Bertz CT molecular complexity index is 844. The van der Waals surface area contributed by atoms with Crippen molar-refractivity contribution < 1.29 is 14.9 Å². The molecule has 1 aromatic carbocycles. The highest BCUT2D eigenvalue weighted by atomic mass is 16.5. The Morgan fingerprint density at radius 3 is 2.72 bits per heavy atom. The van der Waals surface area contributed by atoms with E-state index in [1.54, 1.807) is 6.07 Å². The SMILES string of the molecule is CCN(CCO)CC1CCC2C(c3cccc(O)c3)NC3C=CC(C(C)(C)C)=CC3C2O1. The van der Waals surface area contributed by atoms with Crippen LogP contribution in [0.4, 0.5) is 0 Å². The molecular formula is C27H40N2O3. The number of aliphatic hydroxyl groups excluding tert-OH is 1. The zero-order valence-electron chi connectivity index (χ0n) is 20.0. The van der Waals surface area contributed by atoms with Crippen LogP contribution >= 0.6 is 0 Å². The van der Waals surface area contributed by atoms with Crippen LogP contribution in [0, 0.1) is 17.3 Å². The van der Waals surface area contributed by atoms with Crippen molar-refractivity contribution in [3.8, 4) is 5.75 Å². The Kier molecular flexibility index (Phi) is 7.11. The summed E-state index contributed by atoms with van der Waals surface area (Å²) in [6, 6.07) is 8.05. The van der Waals surface area contributed by atoms with E-state index in [2.05, 4.69) is 62.2 Å². The Hall–Kier alpha value is -1.66. The maximum Gasteiger partial charge on any atom is 0.115 e. The molecule has 6 unspecified atom stereocenters. The van der Waals surface area contributed by atoms with Crippen LogP contribution in [0.25, 0.3) is 0 Å². The third-order valence-electron chi connectivity index (χ3n) is 7.46. The Morgan fingerprint density at radius 1 is 1.22 bits per heavy atom. The maximum atomic E-state index is 10.1. The molecule has 0 radical (unpaired) electrons. The zero-order valence-corrected chi connectivity index (χ0v) is 20.0. The van der Waals surface area contributed by atoms with E-state index in [1.807, 2.05) is 12.1 Å². The predicted molar refractivity (Wildman–Crippen MR) is 129 cm³/mol. The number of nitrogens with one attached hydrogen (secondary N) is 1. The van der Waals surface area contributed by atoms with Gasteiger partial charge in [-0.3, -0.25) is 4.90 Å². The van der Waals surface area contributed by atoms with Gasteiger partial charge in [-0.1, -0.05) is 58.1 Å². The van der Waals surface area contributed by atoms with E-state index in [4.69, 9.17) is 4.74 Å². The van der Waals surface area contributed by atoms with Gasteiger partial charge in [-0.05, 0) is 48.1 Å². The third-order valence-corrected chi connectivity index (χ3v) is 7.46. The molecule has 6 atom stereocenters. The average Bonchev–Trinajstić information content (AvgIpc) is 2.77. The van der Waals surface area contributed by atoms with Gasteiger partial charge in [-0.15, -0.1) is 0 Å². The van der Waals surface area contributed by atoms with E-state index in [9.17, 15) is 10.2 Å². The second kappa shape index (κ2) is 9.68. The van der Waals surface area contributed by atoms with Crippen LogP contribution in [-0.4, -0.2) is 59.6 Å². The van der Waals surface area contributed by atoms with Crippen molar-refractivity contribution in [3.63, 3.8) is 0 Å². The Morgan fingerprint density at radius 2 is 2.03 bits per heavy atom. The van der Waals surface area contributed by atoms with Crippen LogP contribution in [0.5, 0.6) is 5.75 Å². The maximum absolute atomic E-state index is 10.1. The second-order valence-corrected chi connectivity index (χ2v) is 10.7. The molecule has 32 heavy (non-hydrogen) atoms. The number of ether oxygens (including phenoxy) is 1. The van der Waals surface area contributed by atoms with Crippen molar-refractivity contribution in [2.24, 2.45) is 17.3 Å². The zero-order chi connectivity index (χ0) is 22.9. The number of hydrogen-bond acceptors (Lipinski definition) is 5. The van der Waals surface area contributed by atoms with Crippen LogP contribution < -0.4 is 5.32 Å². The van der Waals surface area contributed by atoms with Gasteiger partial charge >= 0.3 is 0 Å². The molecule has 2 heterocycles. The summed E-state index contributed by atoms with van der Waals surface area (Å²) in [5, 5.41) is 23.4. The highest BCUT2D eigenvalue weighted by Crippen LogP contribution is 2.46. The van der Waals surface area contributed by atoms with E-state index >= 15 is 0 Å². The standard InChI is InChI=1S/C27H40N2O3/c1-5-29(13-14-30)17-21-10-11-22-25(18-7-6-8-20(31)15-18)28-24-12-9-19(27(2,3)4)16-23(24)26(22)32-21/h6-9,12,15-16,21-26,28,30-31H,5,10-11,13-14,17H2,1-4H3. The van der Waals surface area contributed by atoms with Crippen molar-refractivity contribution in [2.45, 2.75) is 64.8 Å². The largest absolute Gasteiger partial charge is 0.508 e. The van der Waals surface area contributed by atoms with Crippen LogP contribution in [0.3, 0.4) is 0 Å². The molecule has 0 aromatic heterocycles. The summed E-state index contributed by atoms with van der Waals surface area (Å²) < 4.78 is 6.88. The number of rotatable bonds is 6. The lowest BCUT2D eigenvalue weighted by molar-refractivity contribution is -0.136. The molecule has 0 saturated carbocycles. The number of fused-ring (bicyclic) bond motifs is 3. The van der Waals surface area contributed by atoms with E-state index in [-0.39, 0.29) is 36.3 Å². The number of phenolic OH excluding ortho intramolecular Hbond substituents is 1. The normalized spacial score (nSPS) is 32.4. The molecule has 2 fully saturated rings. The minimum absolute atomic E-state index is 0.104. The molecular weight excluding hydrogens is 400 g/mol. The minimum Gasteiger partial charge on any atom is -0.508 e. The fraction of sp³-hybridized carbons (Fsp3) is 0.630. The van der Waals surface area contributed by atoms with Gasteiger partial charge in [0.15, 0.2) is 0 Å². The van der Waals surface area contributed by atoms with Crippen LogP contribution in [0.15, 0.2) is 48.1 Å². The Balaban J connectivity index is 1.62. The fourth-order valence-electron chi connectivity index (χ4n) is 5.67. The summed E-state index contributed by atoms with van der Waals surface area (Å²) >= 11 is 0. The molecule has 2 saturated heterocycles. The van der Waals surface area contributed by atoms with Gasteiger partial charge in [0, 0.05) is 37.0 Å². The number of allylic oxidation sites excluding steroid dienone is 2. The first-order valence-electron chi connectivity index (χ1n) is 12.2. The van der Waals surface area contributed by atoms with E-state index in [1.165, 1.54) is 5.57 Å². The first-order chi connectivity index (χ1) is 15.3. The van der Waals surface area contributed by atoms with Gasteiger partial charge in [0.1, 0.15) is 5.75 Å². The first-order valence-corrected chi connectivity index (χ1v) is 12.2. The molecule has 2 aliphatic heterocycles. The van der Waals surface area contributed by atoms with E-state index in [0.29, 0.717) is 24.1 Å². The molecule has 3 aliphatic rings. The number of piperidine rings is 1. The van der Waals surface area contributed by atoms with Crippen molar-refractivity contribution in [1.82, 2.24) is 10.2 Å².